The fourth-order valence-electron chi connectivity index (χ4n) is 5.03. The Hall–Kier alpha value is -2.48. The average molecular weight is 382 g/mol. The number of aliphatic hydroxyl groups excluding tert-OH is 1. The minimum Gasteiger partial charge on any atom is -0.484 e. The molecule has 4 unspecified atom stereocenters. The van der Waals surface area contributed by atoms with E-state index in [1.807, 2.05) is 35.2 Å². The number of hydrogen-bond acceptors (Lipinski definition) is 7. The van der Waals surface area contributed by atoms with Gasteiger partial charge in [0, 0.05) is 30.8 Å². The van der Waals surface area contributed by atoms with Crippen molar-refractivity contribution in [3.05, 3.63) is 58.5 Å². The van der Waals surface area contributed by atoms with E-state index in [1.54, 1.807) is 14.0 Å². The Morgan fingerprint density at radius 3 is 2.68 bits per heavy atom. The molecule has 1 aromatic carbocycles. The predicted octanol–water partition coefficient (Wildman–Crippen LogP) is 0.504. The van der Waals surface area contributed by atoms with Crippen LogP contribution in [0.2, 0.25) is 0 Å². The first-order chi connectivity index (χ1) is 13.5. The van der Waals surface area contributed by atoms with Gasteiger partial charge >= 0.3 is 0 Å². The first-order valence-electron chi connectivity index (χ1n) is 9.45. The van der Waals surface area contributed by atoms with Crippen LogP contribution in [0.25, 0.3) is 0 Å². The third kappa shape index (κ3) is 2.09. The summed E-state index contributed by atoms with van der Waals surface area (Å²) in [7, 11) is 1.57. The van der Waals surface area contributed by atoms with Crippen molar-refractivity contribution >= 4 is 11.6 Å². The van der Waals surface area contributed by atoms with E-state index in [9.17, 15) is 14.7 Å². The zero-order chi connectivity index (χ0) is 19.6. The highest BCUT2D eigenvalue weighted by molar-refractivity contribution is 6.25. The van der Waals surface area contributed by atoms with Gasteiger partial charge in [-0.2, -0.15) is 0 Å². The third-order valence-electron chi connectivity index (χ3n) is 6.39. The monoisotopic (exact) mass is 382 g/mol. The number of rotatable bonds is 5. The van der Waals surface area contributed by atoms with Gasteiger partial charge in [-0.1, -0.05) is 30.3 Å². The van der Waals surface area contributed by atoms with Crippen LogP contribution in [0.1, 0.15) is 12.5 Å². The lowest BCUT2D eigenvalue weighted by atomic mass is 9.83. The molecule has 5 rings (SSSR count). The zero-order valence-corrected chi connectivity index (χ0v) is 15.8. The van der Waals surface area contributed by atoms with Crippen molar-refractivity contribution in [1.29, 1.82) is 0 Å². The third-order valence-corrected chi connectivity index (χ3v) is 6.39. The van der Waals surface area contributed by atoms with E-state index in [1.165, 1.54) is 0 Å². The molecule has 0 spiro atoms. The van der Waals surface area contributed by atoms with Crippen LogP contribution >= 0.6 is 0 Å². The minimum atomic E-state index is -0.898. The highest BCUT2D eigenvalue weighted by atomic mass is 16.5. The Kier molecular flexibility index (Phi) is 3.78. The van der Waals surface area contributed by atoms with Crippen molar-refractivity contribution in [3.8, 4) is 0 Å². The number of methoxy groups -OCH3 is 1. The van der Waals surface area contributed by atoms with Gasteiger partial charge in [0.05, 0.1) is 24.3 Å². The topological polar surface area (TPSA) is 98.0 Å². The molecule has 28 heavy (non-hydrogen) atoms. The molecule has 7 heteroatoms. The molecule has 0 amide bonds. The summed E-state index contributed by atoms with van der Waals surface area (Å²) in [4.78, 5) is 28.4. The molecule has 0 bridgehead atoms. The van der Waals surface area contributed by atoms with E-state index in [0.717, 1.165) is 5.56 Å². The molecular formula is C21H22N2O5. The summed E-state index contributed by atoms with van der Waals surface area (Å²) in [6.07, 6.45) is 0. The molecule has 3 aliphatic heterocycles. The standard InChI is InChI=1S/C21H22N2O5/c1-11-17(25)16-15(18(26)19(11)28-10-12-6-4-3-5-7-12)13(9-24)21(27-2)20-14(22-20)8-23(16)21/h3-7,13-14,20,22,24H,8-10H2,1-2H3. The number of piperazine rings is 1. The summed E-state index contributed by atoms with van der Waals surface area (Å²) in [6, 6.07) is 9.70. The number of carbonyl (C=O) groups excluding carboxylic acids is 2. The lowest BCUT2D eigenvalue weighted by molar-refractivity contribution is -0.137. The fraction of sp³-hybridized carbons (Fsp3) is 0.429. The second-order valence-electron chi connectivity index (χ2n) is 7.70. The van der Waals surface area contributed by atoms with Crippen molar-refractivity contribution in [1.82, 2.24) is 10.2 Å². The number of nitrogens with one attached hydrogen (secondary N) is 1. The van der Waals surface area contributed by atoms with Crippen LogP contribution in [0.5, 0.6) is 0 Å². The number of aliphatic hydroxyl groups is 1. The normalized spacial score (nSPS) is 33.2. The van der Waals surface area contributed by atoms with Crippen LogP contribution in [-0.4, -0.2) is 59.6 Å². The molecule has 2 fully saturated rings. The summed E-state index contributed by atoms with van der Waals surface area (Å²) < 4.78 is 11.7. The average Bonchev–Trinajstić information content (AvgIpc) is 3.32. The van der Waals surface area contributed by atoms with Crippen molar-refractivity contribution in [2.45, 2.75) is 31.3 Å². The Bertz CT molecular complexity index is 937. The van der Waals surface area contributed by atoms with E-state index in [0.29, 0.717) is 23.4 Å². The highest BCUT2D eigenvalue weighted by Gasteiger charge is 2.72. The SMILES string of the molecule is COC12C(CO)C3=C(C(=O)C(C)=C(OCc4ccccc4)C3=O)N1CC1NC12. The Balaban J connectivity index is 1.51. The van der Waals surface area contributed by atoms with Gasteiger partial charge in [0.1, 0.15) is 6.61 Å². The van der Waals surface area contributed by atoms with Gasteiger partial charge in [-0.25, -0.2) is 0 Å². The number of allylic oxidation sites excluding steroid dienone is 2. The maximum absolute atomic E-state index is 13.4. The van der Waals surface area contributed by atoms with Crippen molar-refractivity contribution in [3.63, 3.8) is 0 Å². The molecule has 146 valence electrons. The van der Waals surface area contributed by atoms with Crippen LogP contribution in [0.3, 0.4) is 0 Å². The molecule has 1 aliphatic carbocycles. The van der Waals surface area contributed by atoms with Crippen molar-refractivity contribution < 1.29 is 24.2 Å². The van der Waals surface area contributed by atoms with Crippen LogP contribution in [-0.2, 0) is 25.7 Å². The molecule has 2 N–H and O–H groups in total. The first kappa shape index (κ1) is 17.6. The van der Waals surface area contributed by atoms with E-state index in [-0.39, 0.29) is 42.6 Å². The van der Waals surface area contributed by atoms with Gasteiger partial charge < -0.3 is 24.8 Å². The molecule has 0 radical (unpaired) electrons. The maximum atomic E-state index is 13.4. The van der Waals surface area contributed by atoms with Gasteiger partial charge in [-0.15, -0.1) is 0 Å². The van der Waals surface area contributed by atoms with Crippen LogP contribution < -0.4 is 5.32 Å². The van der Waals surface area contributed by atoms with Crippen LogP contribution in [0.15, 0.2) is 52.9 Å². The number of carbonyl (C=O) groups is 2. The largest absolute Gasteiger partial charge is 0.484 e. The predicted molar refractivity (Wildman–Crippen MR) is 98.7 cm³/mol. The molecule has 1 aromatic rings. The fourth-order valence-corrected chi connectivity index (χ4v) is 5.03. The molecule has 4 aliphatic rings. The highest BCUT2D eigenvalue weighted by Crippen LogP contribution is 2.55. The quantitative estimate of drug-likeness (QED) is 0.565. The van der Waals surface area contributed by atoms with Crippen LogP contribution in [0.4, 0.5) is 0 Å². The molecule has 7 nitrogen and oxygen atoms in total. The molecular weight excluding hydrogens is 360 g/mol. The summed E-state index contributed by atoms with van der Waals surface area (Å²) in [5.74, 6) is -1.09. The van der Waals surface area contributed by atoms with Crippen LogP contribution in [0, 0.1) is 5.92 Å². The number of ether oxygens (including phenoxy) is 2. The van der Waals surface area contributed by atoms with Gasteiger partial charge in [0.25, 0.3) is 0 Å². The lowest BCUT2D eigenvalue weighted by Gasteiger charge is -2.39. The number of hydrogen-bond donors (Lipinski definition) is 2. The van der Waals surface area contributed by atoms with E-state index in [4.69, 9.17) is 9.47 Å². The number of nitrogens with zero attached hydrogens (tertiary/aromatic N) is 1. The molecule has 0 aromatic heterocycles. The Labute approximate surface area is 162 Å². The summed E-state index contributed by atoms with van der Waals surface area (Å²) in [5, 5.41) is 13.5. The summed E-state index contributed by atoms with van der Waals surface area (Å²) in [5.41, 5.74) is 0.994. The smallest absolute Gasteiger partial charge is 0.226 e. The van der Waals surface area contributed by atoms with Gasteiger partial charge in [0.2, 0.25) is 11.6 Å². The van der Waals surface area contributed by atoms with Gasteiger partial charge in [-0.05, 0) is 12.5 Å². The Morgan fingerprint density at radius 2 is 2.00 bits per heavy atom. The lowest BCUT2D eigenvalue weighted by Crippen LogP contribution is -2.54. The summed E-state index contributed by atoms with van der Waals surface area (Å²) >= 11 is 0. The van der Waals surface area contributed by atoms with E-state index < -0.39 is 11.6 Å². The van der Waals surface area contributed by atoms with E-state index in [2.05, 4.69) is 5.32 Å². The Morgan fingerprint density at radius 1 is 1.25 bits per heavy atom. The first-order valence-corrected chi connectivity index (χ1v) is 9.45. The number of benzene rings is 1. The zero-order valence-electron chi connectivity index (χ0n) is 15.8. The van der Waals surface area contributed by atoms with E-state index >= 15 is 0 Å². The molecule has 0 saturated carbocycles. The van der Waals surface area contributed by atoms with Crippen molar-refractivity contribution in [2.24, 2.45) is 5.92 Å². The minimum absolute atomic E-state index is 0.00477. The summed E-state index contributed by atoms with van der Waals surface area (Å²) in [6.45, 7) is 2.13. The molecule has 3 heterocycles. The van der Waals surface area contributed by atoms with Gasteiger partial charge in [-0.3, -0.25) is 9.59 Å². The number of ketones is 2. The maximum Gasteiger partial charge on any atom is 0.226 e. The number of Topliss-reactive ketones (excluding diaryl/α,β-unsaturated/α-hetero) is 2. The number of fused-ring (bicyclic) bond motifs is 4. The van der Waals surface area contributed by atoms with Crippen molar-refractivity contribution in [2.75, 3.05) is 20.3 Å². The second-order valence-corrected chi connectivity index (χ2v) is 7.70. The molecule has 2 saturated heterocycles. The molecule has 4 atom stereocenters. The second kappa shape index (κ2) is 6.01. The van der Waals surface area contributed by atoms with Gasteiger partial charge in [0.15, 0.2) is 11.5 Å².